The van der Waals surface area contributed by atoms with Crippen molar-refractivity contribution < 1.29 is 24.1 Å². The number of allylic oxidation sites excluding steroid dienone is 1. The number of halogens is 1. The fourth-order valence-electron chi connectivity index (χ4n) is 2.98. The van der Waals surface area contributed by atoms with Crippen LogP contribution >= 0.6 is 22.6 Å². The summed E-state index contributed by atoms with van der Waals surface area (Å²) in [5.41, 5.74) is 2.89. The number of aliphatic hydroxyl groups excluding tert-OH is 1. The van der Waals surface area contributed by atoms with E-state index in [1.165, 1.54) is 6.08 Å². The Morgan fingerprint density at radius 3 is 2.52 bits per heavy atom. The maximum Gasteiger partial charge on any atom is 0.373 e. The first-order valence-corrected chi connectivity index (χ1v) is 10.4. The van der Waals surface area contributed by atoms with Gasteiger partial charge in [-0.15, -0.1) is 0 Å². The number of hydrogen-bond donors (Lipinski definition) is 1. The lowest BCUT2D eigenvalue weighted by Crippen LogP contribution is -2.27. The zero-order valence-corrected chi connectivity index (χ0v) is 18.1. The van der Waals surface area contributed by atoms with E-state index in [0.29, 0.717) is 13.0 Å². The van der Waals surface area contributed by atoms with E-state index in [4.69, 9.17) is 19.3 Å². The largest absolute Gasteiger partial charge is 0.458 e. The van der Waals surface area contributed by atoms with Gasteiger partial charge in [0.15, 0.2) is 0 Å². The summed E-state index contributed by atoms with van der Waals surface area (Å²) in [6.07, 6.45) is 3.33. The van der Waals surface area contributed by atoms with Gasteiger partial charge in [0.1, 0.15) is 6.61 Å². The van der Waals surface area contributed by atoms with Gasteiger partial charge in [-0.3, -0.25) is 0 Å². The molecule has 1 heterocycles. The smallest absolute Gasteiger partial charge is 0.373 e. The molecule has 0 unspecified atom stereocenters. The zero-order valence-electron chi connectivity index (χ0n) is 15.9. The quantitative estimate of drug-likeness (QED) is 0.326. The highest BCUT2D eigenvalue weighted by Gasteiger charge is 2.29. The van der Waals surface area contributed by atoms with Crippen LogP contribution in [0.1, 0.15) is 29.0 Å². The molecule has 1 aliphatic rings. The number of hydrogen-bond acceptors (Lipinski definition) is 5. The normalized spacial score (nSPS) is 18.5. The second-order valence-corrected chi connectivity index (χ2v) is 7.89. The first kappa shape index (κ1) is 21.5. The molecule has 0 bridgehead atoms. The molecule has 1 N–H and O–H groups in total. The van der Waals surface area contributed by atoms with E-state index in [-0.39, 0.29) is 24.9 Å². The second kappa shape index (κ2) is 10.6. The summed E-state index contributed by atoms with van der Waals surface area (Å²) < 4.78 is 18.0. The topological polar surface area (TPSA) is 65.0 Å². The first-order chi connectivity index (χ1) is 14.1. The molecule has 0 fully saturated rings. The number of ether oxygens (including phenoxy) is 3. The molecule has 5 nitrogen and oxygen atoms in total. The summed E-state index contributed by atoms with van der Waals surface area (Å²) in [6, 6.07) is 15.7. The van der Waals surface area contributed by atoms with Gasteiger partial charge in [0, 0.05) is 15.9 Å². The van der Waals surface area contributed by atoms with Gasteiger partial charge in [0.05, 0.1) is 13.2 Å². The van der Waals surface area contributed by atoms with E-state index < -0.39 is 12.3 Å². The van der Waals surface area contributed by atoms with Crippen LogP contribution in [0.2, 0.25) is 0 Å². The van der Waals surface area contributed by atoms with Gasteiger partial charge in [0.2, 0.25) is 12.0 Å². The summed E-state index contributed by atoms with van der Waals surface area (Å²) in [6.45, 7) is 4.03. The molecule has 0 radical (unpaired) electrons. The Bertz CT molecular complexity index is 858. The average Bonchev–Trinajstić information content (AvgIpc) is 2.76. The number of aliphatic hydroxyl groups is 1. The van der Waals surface area contributed by atoms with Gasteiger partial charge in [-0.05, 0) is 57.5 Å². The van der Waals surface area contributed by atoms with E-state index in [1.807, 2.05) is 48.5 Å². The molecule has 0 aromatic heterocycles. The van der Waals surface area contributed by atoms with E-state index in [9.17, 15) is 4.79 Å². The summed E-state index contributed by atoms with van der Waals surface area (Å²) in [5, 5.41) is 9.15. The van der Waals surface area contributed by atoms with Crippen molar-refractivity contribution in [2.45, 2.75) is 31.8 Å². The van der Waals surface area contributed by atoms with Crippen LogP contribution in [-0.4, -0.2) is 24.0 Å². The van der Waals surface area contributed by atoms with Gasteiger partial charge in [-0.1, -0.05) is 49.1 Å². The van der Waals surface area contributed by atoms with E-state index in [0.717, 1.165) is 20.3 Å². The molecule has 1 aliphatic heterocycles. The fourth-order valence-corrected chi connectivity index (χ4v) is 3.34. The number of benzene rings is 2. The Hall–Kier alpha value is -2.16. The average molecular weight is 506 g/mol. The lowest BCUT2D eigenvalue weighted by atomic mass is 9.93. The third kappa shape index (κ3) is 6.16. The Balaban J connectivity index is 1.73. The molecular weight excluding hydrogens is 483 g/mol. The molecule has 2 atom stereocenters. The van der Waals surface area contributed by atoms with E-state index in [2.05, 4.69) is 29.2 Å². The Morgan fingerprint density at radius 2 is 1.86 bits per heavy atom. The van der Waals surface area contributed by atoms with Gasteiger partial charge in [-0.25, -0.2) is 4.79 Å². The molecule has 2 aromatic rings. The van der Waals surface area contributed by atoms with Crippen molar-refractivity contribution in [3.8, 4) is 0 Å². The maximum atomic E-state index is 12.3. The van der Waals surface area contributed by atoms with Crippen LogP contribution in [0.4, 0.5) is 0 Å². The molecule has 152 valence electrons. The van der Waals surface area contributed by atoms with Crippen molar-refractivity contribution in [2.75, 3.05) is 6.61 Å². The van der Waals surface area contributed by atoms with Gasteiger partial charge in [0.25, 0.3) is 0 Å². The standard InChI is InChI=1S/C23H23IO5/c1-2-11-27-23(26)21-12-19(18-7-9-20(24)10-8-18)13-22(29-21)28-15-17-5-3-16(14-25)4-6-17/h2-10,12,19,22,25H,1,11,13-15H2/t19-,22+/m1/s1. The lowest BCUT2D eigenvalue weighted by Gasteiger charge is -2.29. The van der Waals surface area contributed by atoms with Gasteiger partial charge in [-0.2, -0.15) is 0 Å². The number of carbonyl (C=O) groups is 1. The Morgan fingerprint density at radius 1 is 1.17 bits per heavy atom. The van der Waals surface area contributed by atoms with Crippen molar-refractivity contribution in [2.24, 2.45) is 0 Å². The van der Waals surface area contributed by atoms with E-state index >= 15 is 0 Å². The highest BCUT2D eigenvalue weighted by molar-refractivity contribution is 14.1. The van der Waals surface area contributed by atoms with Crippen molar-refractivity contribution in [1.29, 1.82) is 0 Å². The number of esters is 1. The van der Waals surface area contributed by atoms with Crippen molar-refractivity contribution >= 4 is 28.6 Å². The molecule has 2 aromatic carbocycles. The third-order valence-corrected chi connectivity index (χ3v) is 5.25. The van der Waals surface area contributed by atoms with E-state index in [1.54, 1.807) is 6.08 Å². The molecule has 0 spiro atoms. The monoisotopic (exact) mass is 506 g/mol. The molecule has 6 heteroatoms. The van der Waals surface area contributed by atoms with Crippen molar-refractivity contribution in [3.05, 3.63) is 93.3 Å². The zero-order chi connectivity index (χ0) is 20.6. The predicted octanol–water partition coefficient (Wildman–Crippen LogP) is 4.44. The summed E-state index contributed by atoms with van der Waals surface area (Å²) in [5.74, 6) is -0.392. The minimum Gasteiger partial charge on any atom is -0.458 e. The first-order valence-electron chi connectivity index (χ1n) is 9.31. The molecule has 0 saturated carbocycles. The second-order valence-electron chi connectivity index (χ2n) is 6.64. The third-order valence-electron chi connectivity index (χ3n) is 4.53. The van der Waals surface area contributed by atoms with Gasteiger partial charge < -0.3 is 19.3 Å². The minimum absolute atomic E-state index is 0.00550. The number of carbonyl (C=O) groups excluding carboxylic acids is 1. The highest BCUT2D eigenvalue weighted by Crippen LogP contribution is 2.32. The highest BCUT2D eigenvalue weighted by atomic mass is 127. The predicted molar refractivity (Wildman–Crippen MR) is 118 cm³/mol. The van der Waals surface area contributed by atoms with Crippen LogP contribution in [0, 0.1) is 3.57 Å². The van der Waals surface area contributed by atoms with Crippen molar-refractivity contribution in [1.82, 2.24) is 0 Å². The summed E-state index contributed by atoms with van der Waals surface area (Å²) in [7, 11) is 0. The van der Waals surface area contributed by atoms with Crippen molar-refractivity contribution in [3.63, 3.8) is 0 Å². The van der Waals surface area contributed by atoms with Crippen LogP contribution in [0.25, 0.3) is 0 Å². The Kier molecular flexibility index (Phi) is 7.85. The Labute approximate surface area is 184 Å². The molecule has 3 rings (SSSR count). The molecule has 0 aliphatic carbocycles. The molecule has 0 amide bonds. The molecule has 29 heavy (non-hydrogen) atoms. The van der Waals surface area contributed by atoms with Crippen LogP contribution in [0.15, 0.2) is 73.0 Å². The number of rotatable bonds is 8. The van der Waals surface area contributed by atoms with Crippen LogP contribution in [0.3, 0.4) is 0 Å². The minimum atomic E-state index is -0.576. The SMILES string of the molecule is C=CCOC(=O)C1=C[C@@H](c2ccc(I)cc2)C[C@@H](OCc2ccc(CO)cc2)O1. The fraction of sp³-hybridized carbons (Fsp3) is 0.261. The van der Waals surface area contributed by atoms with Crippen LogP contribution in [-0.2, 0) is 32.2 Å². The lowest BCUT2D eigenvalue weighted by molar-refractivity contribution is -0.163. The summed E-state index contributed by atoms with van der Waals surface area (Å²) in [4.78, 5) is 12.3. The van der Waals surface area contributed by atoms with Crippen LogP contribution < -0.4 is 0 Å². The van der Waals surface area contributed by atoms with Crippen LogP contribution in [0.5, 0.6) is 0 Å². The molecule has 0 saturated heterocycles. The molecular formula is C23H23IO5. The maximum absolute atomic E-state index is 12.3. The summed E-state index contributed by atoms with van der Waals surface area (Å²) >= 11 is 2.26. The van der Waals surface area contributed by atoms with Gasteiger partial charge >= 0.3 is 5.97 Å².